The zero-order valence-corrected chi connectivity index (χ0v) is 10.5. The minimum absolute atomic E-state index is 0.406. The second-order valence-corrected chi connectivity index (χ2v) is 5.30. The van der Waals surface area contributed by atoms with Crippen LogP contribution in [0.3, 0.4) is 0 Å². The summed E-state index contributed by atoms with van der Waals surface area (Å²) in [5.74, 6) is 0. The molecule has 0 bridgehead atoms. The van der Waals surface area contributed by atoms with Gasteiger partial charge in [-0.3, -0.25) is 0 Å². The van der Waals surface area contributed by atoms with E-state index in [0.717, 1.165) is 10.0 Å². The van der Waals surface area contributed by atoms with Crippen LogP contribution in [-0.2, 0) is 6.42 Å². The number of aliphatic hydroxyl groups excluding tert-OH is 1. The van der Waals surface area contributed by atoms with E-state index < -0.39 is 6.10 Å². The van der Waals surface area contributed by atoms with E-state index in [1.165, 1.54) is 4.88 Å². The Morgan fingerprint density at radius 1 is 1.20 bits per heavy atom. The van der Waals surface area contributed by atoms with Gasteiger partial charge in [0.05, 0.1) is 6.10 Å². The number of aliphatic hydroxyl groups is 1. The van der Waals surface area contributed by atoms with Gasteiger partial charge in [0.15, 0.2) is 0 Å². The van der Waals surface area contributed by atoms with Crippen LogP contribution in [0.2, 0.25) is 0 Å². The number of hydrogen-bond donors (Lipinski definition) is 1. The molecule has 0 spiro atoms. The quantitative estimate of drug-likeness (QED) is 0.908. The van der Waals surface area contributed by atoms with Crippen molar-refractivity contribution in [1.29, 1.82) is 0 Å². The summed E-state index contributed by atoms with van der Waals surface area (Å²) in [5, 5.41) is 12.0. The summed E-state index contributed by atoms with van der Waals surface area (Å²) in [5.41, 5.74) is 0.964. The fourth-order valence-corrected chi connectivity index (χ4v) is 2.43. The van der Waals surface area contributed by atoms with Crippen molar-refractivity contribution in [3.8, 4) is 0 Å². The van der Waals surface area contributed by atoms with Crippen molar-refractivity contribution in [2.24, 2.45) is 0 Å². The van der Waals surface area contributed by atoms with Gasteiger partial charge in [-0.2, -0.15) is 0 Å². The van der Waals surface area contributed by atoms with Crippen LogP contribution in [0.15, 0.2) is 46.3 Å². The van der Waals surface area contributed by atoms with Crippen LogP contribution in [-0.4, -0.2) is 5.11 Å². The highest BCUT2D eigenvalue weighted by Gasteiger charge is 2.08. The van der Waals surface area contributed by atoms with Gasteiger partial charge in [-0.1, -0.05) is 34.1 Å². The molecular formula is C12H11BrOS. The summed E-state index contributed by atoms with van der Waals surface area (Å²) in [6.07, 6.45) is 0.288. The van der Waals surface area contributed by atoms with Crippen molar-refractivity contribution in [2.45, 2.75) is 12.5 Å². The van der Waals surface area contributed by atoms with E-state index in [9.17, 15) is 5.11 Å². The fourth-order valence-electron chi connectivity index (χ4n) is 1.42. The van der Waals surface area contributed by atoms with Gasteiger partial charge in [0.2, 0.25) is 0 Å². The number of hydrogen-bond acceptors (Lipinski definition) is 2. The molecule has 0 saturated heterocycles. The first-order valence-corrected chi connectivity index (χ1v) is 6.39. The second-order valence-electron chi connectivity index (χ2n) is 3.35. The van der Waals surface area contributed by atoms with Crippen LogP contribution in [0.1, 0.15) is 16.5 Å². The summed E-state index contributed by atoms with van der Waals surface area (Å²) >= 11 is 5.06. The average Bonchev–Trinajstić information content (AvgIpc) is 2.71. The highest BCUT2D eigenvalue weighted by Crippen LogP contribution is 2.22. The monoisotopic (exact) mass is 282 g/mol. The maximum atomic E-state index is 9.97. The maximum absolute atomic E-state index is 9.97. The van der Waals surface area contributed by atoms with E-state index >= 15 is 0 Å². The number of thiophene rings is 1. The molecule has 1 aromatic heterocycles. The topological polar surface area (TPSA) is 20.2 Å². The Morgan fingerprint density at radius 3 is 2.53 bits per heavy atom. The highest BCUT2D eigenvalue weighted by molar-refractivity contribution is 9.10. The summed E-state index contributed by atoms with van der Waals surface area (Å²) in [7, 11) is 0. The molecule has 2 aromatic rings. The lowest BCUT2D eigenvalue weighted by molar-refractivity contribution is 0.179. The van der Waals surface area contributed by atoms with Crippen LogP contribution in [0, 0.1) is 0 Å². The lowest BCUT2D eigenvalue weighted by Crippen LogP contribution is -1.99. The summed E-state index contributed by atoms with van der Waals surface area (Å²) < 4.78 is 1.04. The zero-order valence-electron chi connectivity index (χ0n) is 8.06. The minimum Gasteiger partial charge on any atom is -0.388 e. The predicted octanol–water partition coefficient (Wildman–Crippen LogP) is 3.79. The standard InChI is InChI=1S/C12H11BrOS/c13-10-5-3-9(4-6-10)12(14)8-11-2-1-7-15-11/h1-7,12,14H,8H2. The first-order chi connectivity index (χ1) is 7.25. The predicted molar refractivity (Wildman–Crippen MR) is 67.1 cm³/mol. The van der Waals surface area contributed by atoms with Crippen LogP contribution in [0.25, 0.3) is 0 Å². The summed E-state index contributed by atoms with van der Waals surface area (Å²) in [6.45, 7) is 0. The molecule has 1 atom stereocenters. The highest BCUT2D eigenvalue weighted by atomic mass is 79.9. The fraction of sp³-hybridized carbons (Fsp3) is 0.167. The van der Waals surface area contributed by atoms with Crippen molar-refractivity contribution in [3.05, 3.63) is 56.7 Å². The first kappa shape index (κ1) is 10.9. The van der Waals surface area contributed by atoms with Crippen LogP contribution in [0.4, 0.5) is 0 Å². The molecule has 1 aromatic carbocycles. The normalized spacial score (nSPS) is 12.7. The van der Waals surface area contributed by atoms with Crippen molar-refractivity contribution >= 4 is 27.3 Å². The zero-order chi connectivity index (χ0) is 10.7. The first-order valence-electron chi connectivity index (χ1n) is 4.71. The molecule has 0 aliphatic carbocycles. The van der Waals surface area contributed by atoms with Gasteiger partial charge in [-0.05, 0) is 29.1 Å². The molecule has 78 valence electrons. The van der Waals surface area contributed by atoms with Gasteiger partial charge in [-0.15, -0.1) is 11.3 Å². The molecule has 1 nitrogen and oxygen atoms in total. The van der Waals surface area contributed by atoms with Gasteiger partial charge in [0.25, 0.3) is 0 Å². The molecule has 2 rings (SSSR count). The molecule has 15 heavy (non-hydrogen) atoms. The number of halogens is 1. The van der Waals surface area contributed by atoms with Crippen LogP contribution < -0.4 is 0 Å². The lowest BCUT2D eigenvalue weighted by atomic mass is 10.1. The van der Waals surface area contributed by atoms with Crippen molar-refractivity contribution < 1.29 is 5.11 Å². The maximum Gasteiger partial charge on any atom is 0.0838 e. The Bertz CT molecular complexity index is 408. The molecule has 1 heterocycles. The molecular weight excluding hydrogens is 272 g/mol. The average molecular weight is 283 g/mol. The van der Waals surface area contributed by atoms with Gasteiger partial charge in [0.1, 0.15) is 0 Å². The van der Waals surface area contributed by atoms with Gasteiger partial charge < -0.3 is 5.11 Å². The third-order valence-corrected chi connectivity index (χ3v) is 3.66. The van der Waals surface area contributed by atoms with Crippen molar-refractivity contribution in [1.82, 2.24) is 0 Å². The van der Waals surface area contributed by atoms with E-state index in [2.05, 4.69) is 15.9 Å². The van der Waals surface area contributed by atoms with E-state index in [-0.39, 0.29) is 0 Å². The van der Waals surface area contributed by atoms with E-state index in [1.807, 2.05) is 41.8 Å². The Hall–Kier alpha value is -0.640. The molecule has 0 aliphatic heterocycles. The lowest BCUT2D eigenvalue weighted by Gasteiger charge is -2.09. The van der Waals surface area contributed by atoms with Crippen LogP contribution >= 0.6 is 27.3 Å². The largest absolute Gasteiger partial charge is 0.388 e. The van der Waals surface area contributed by atoms with Crippen molar-refractivity contribution in [3.63, 3.8) is 0 Å². The summed E-state index contributed by atoms with van der Waals surface area (Å²) in [4.78, 5) is 1.21. The Labute approximate surface area is 102 Å². The van der Waals surface area contributed by atoms with E-state index in [4.69, 9.17) is 0 Å². The molecule has 3 heteroatoms. The molecule has 0 aliphatic rings. The SMILES string of the molecule is OC(Cc1cccs1)c1ccc(Br)cc1. The Morgan fingerprint density at radius 2 is 1.93 bits per heavy atom. The molecule has 0 fully saturated rings. The molecule has 0 radical (unpaired) electrons. The molecule has 0 saturated carbocycles. The number of benzene rings is 1. The Kier molecular flexibility index (Phi) is 3.57. The minimum atomic E-state index is -0.406. The van der Waals surface area contributed by atoms with E-state index in [0.29, 0.717) is 6.42 Å². The van der Waals surface area contributed by atoms with Crippen molar-refractivity contribution in [2.75, 3.05) is 0 Å². The number of rotatable bonds is 3. The van der Waals surface area contributed by atoms with Crippen LogP contribution in [0.5, 0.6) is 0 Å². The Balaban J connectivity index is 2.08. The van der Waals surface area contributed by atoms with Gasteiger partial charge >= 0.3 is 0 Å². The summed E-state index contributed by atoms with van der Waals surface area (Å²) in [6, 6.07) is 11.9. The third kappa shape index (κ3) is 2.91. The smallest absolute Gasteiger partial charge is 0.0838 e. The van der Waals surface area contributed by atoms with E-state index in [1.54, 1.807) is 11.3 Å². The third-order valence-electron chi connectivity index (χ3n) is 2.23. The molecule has 0 amide bonds. The van der Waals surface area contributed by atoms with Gasteiger partial charge in [0, 0.05) is 15.8 Å². The second kappa shape index (κ2) is 4.92. The molecule has 1 unspecified atom stereocenters. The molecule has 1 N–H and O–H groups in total. The van der Waals surface area contributed by atoms with Gasteiger partial charge in [-0.25, -0.2) is 0 Å².